The number of hydrogen-bond acceptors (Lipinski definition) is 4. The maximum Gasteiger partial charge on any atom is 0 e. The van der Waals surface area contributed by atoms with Gasteiger partial charge in [-0.05, 0) is 0 Å². The number of nitrogens with one attached hydrogen (secondary N) is 2. The Morgan fingerprint density at radius 3 is 1.35 bits per heavy atom. The summed E-state index contributed by atoms with van der Waals surface area (Å²) in [5.41, 5.74) is -2.71. The van der Waals surface area contributed by atoms with Crippen LogP contribution in [-0.2, 0) is 32.1 Å². The maximum atomic E-state index is 14.7. The van der Waals surface area contributed by atoms with Gasteiger partial charge in [-0.1, -0.05) is 0 Å². The number of pyridine rings is 2. The van der Waals surface area contributed by atoms with Gasteiger partial charge in [0.25, 0.3) is 0 Å². The molecule has 6 nitrogen and oxygen atoms in total. The van der Waals surface area contributed by atoms with E-state index in [0.29, 0.717) is 0 Å². The first-order chi connectivity index (χ1) is 18.3. The molecule has 210 valence electrons. The van der Waals surface area contributed by atoms with Crippen molar-refractivity contribution in [2.75, 3.05) is 13.3 Å². The van der Waals surface area contributed by atoms with Crippen LogP contribution in [0, 0.1) is 0 Å². The molecule has 4 heterocycles. The normalized spacial score (nSPS) is 13.3. The molecule has 2 N–H and O–H groups in total. The van der Waals surface area contributed by atoms with Crippen LogP contribution in [0.5, 0.6) is 0 Å². The minimum atomic E-state index is -5.00. The Morgan fingerprint density at radius 1 is 0.600 bits per heavy atom. The van der Waals surface area contributed by atoms with E-state index in [9.17, 15) is 26.3 Å². The fourth-order valence-electron chi connectivity index (χ4n) is 5.00. The van der Waals surface area contributed by atoms with Crippen molar-refractivity contribution < 1.29 is 46.1 Å². The fraction of sp³-hybridized carbons (Fsp3) is 0.154. The summed E-state index contributed by atoms with van der Waals surface area (Å²) in [5, 5.41) is 11.6. The second-order valence-corrected chi connectivity index (χ2v) is 15.1. The van der Waals surface area contributed by atoms with Gasteiger partial charge >= 0.3 is 218 Å². The molecule has 40 heavy (non-hydrogen) atoms. The maximum absolute atomic E-state index is 14.7. The average Bonchev–Trinajstić information content (AvgIpc) is 3.57. The van der Waals surface area contributed by atoms with Gasteiger partial charge in [-0.15, -0.1) is 0 Å². The topological polar surface area (TPSA) is 83.1 Å². The van der Waals surface area contributed by atoms with Crippen LogP contribution >= 0.6 is 6.60 Å². The number of rotatable bonds is 5. The number of aromatic amines is 2. The molecule has 0 saturated carbocycles. The molecule has 0 bridgehead atoms. The summed E-state index contributed by atoms with van der Waals surface area (Å²) in [6, 6.07) is 17.1. The molecule has 14 heteroatoms. The summed E-state index contributed by atoms with van der Waals surface area (Å²) in [7, 11) is 0. The van der Waals surface area contributed by atoms with E-state index in [1.54, 1.807) is 42.5 Å². The van der Waals surface area contributed by atoms with Gasteiger partial charge in [0.15, 0.2) is 0 Å². The molecule has 0 fully saturated rings. The van der Waals surface area contributed by atoms with Crippen LogP contribution in [0.3, 0.4) is 0 Å². The second-order valence-electron chi connectivity index (χ2n) is 9.48. The summed E-state index contributed by atoms with van der Waals surface area (Å²) in [6.45, 7) is -1.89. The Bertz CT molecular complexity index is 1520. The molecule has 0 saturated heterocycles. The standard InChI is InChI=1S/C26H21F6N6P.Os/c1-39(2,16-10-4-3-5-11-16,21-19(17-12-6-8-14-33-17)35-37-23(21)25(27,28)29)22-20(18-13-7-9-15-34-18)36-38-24(22)26(30,31)32;/h3-15H,1-2H3,(H,35,37)(H,36,38);. The molecule has 0 amide bonds. The van der Waals surface area contributed by atoms with Gasteiger partial charge in [0, 0.05) is 19.8 Å². The number of halogens is 6. The van der Waals surface area contributed by atoms with Gasteiger partial charge in [-0.25, -0.2) is 0 Å². The first-order valence-electron chi connectivity index (χ1n) is 11.5. The SMILES string of the molecule is CP(C)(c1ccccc1)(c1c(C(F)(F)F)n[nH]c1-c1ccccn1)c1c(C(F)(F)F)n[nH]c1-c1ccccn1.[Os]. The quantitative estimate of drug-likeness (QED) is 0.187. The molecule has 0 aliphatic rings. The van der Waals surface area contributed by atoms with Gasteiger partial charge in [0.2, 0.25) is 0 Å². The first kappa shape index (κ1) is 29.6. The van der Waals surface area contributed by atoms with E-state index in [4.69, 9.17) is 0 Å². The van der Waals surface area contributed by atoms with Crippen LogP contribution in [0.1, 0.15) is 11.4 Å². The van der Waals surface area contributed by atoms with Crippen molar-refractivity contribution in [1.29, 1.82) is 0 Å². The smallest absolute Gasteiger partial charge is 0 e. The molecule has 5 aromatic rings. The molecule has 1 aromatic carbocycles. The van der Waals surface area contributed by atoms with Crippen molar-refractivity contribution in [3.63, 3.8) is 0 Å². The summed E-state index contributed by atoms with van der Waals surface area (Å²) in [4.78, 5) is 8.40. The molecule has 0 aliphatic carbocycles. The zero-order valence-corrected chi connectivity index (χ0v) is 24.3. The van der Waals surface area contributed by atoms with E-state index in [0.717, 1.165) is 0 Å². The Balaban J connectivity index is 0.00000370. The van der Waals surface area contributed by atoms with E-state index in [-0.39, 0.29) is 47.9 Å². The van der Waals surface area contributed by atoms with Crippen molar-refractivity contribution >= 4 is 22.5 Å². The van der Waals surface area contributed by atoms with Crippen molar-refractivity contribution in [3.05, 3.63) is 90.5 Å². The van der Waals surface area contributed by atoms with Crippen LogP contribution in [0.25, 0.3) is 22.8 Å². The third-order valence-electron chi connectivity index (χ3n) is 6.73. The Labute approximate surface area is 237 Å². The van der Waals surface area contributed by atoms with E-state index >= 15 is 0 Å². The fourth-order valence-corrected chi connectivity index (χ4v) is 10.1. The molecule has 4 aromatic heterocycles. The molecule has 0 atom stereocenters. The molecular weight excluding hydrogens is 732 g/mol. The van der Waals surface area contributed by atoms with E-state index in [2.05, 4.69) is 30.4 Å². The third-order valence-corrected chi connectivity index (χ3v) is 12.1. The van der Waals surface area contributed by atoms with E-state index in [1.807, 2.05) is 0 Å². The number of benzene rings is 1. The van der Waals surface area contributed by atoms with Crippen LogP contribution in [0.15, 0.2) is 79.1 Å². The van der Waals surface area contributed by atoms with Crippen molar-refractivity contribution in [2.45, 2.75) is 12.4 Å². The summed E-state index contributed by atoms with van der Waals surface area (Å²) in [6.07, 6.45) is -7.24. The van der Waals surface area contributed by atoms with Gasteiger partial charge in [0.05, 0.1) is 0 Å². The zero-order chi connectivity index (χ0) is 28.1. The average molecular weight is 753 g/mol. The van der Waals surface area contributed by atoms with Crippen molar-refractivity contribution in [2.24, 2.45) is 0 Å². The first-order valence-corrected chi connectivity index (χ1v) is 14.7. The van der Waals surface area contributed by atoms with Gasteiger partial charge < -0.3 is 0 Å². The molecule has 0 aliphatic heterocycles. The van der Waals surface area contributed by atoms with Crippen molar-refractivity contribution in [1.82, 2.24) is 30.4 Å². The largest absolute Gasteiger partial charge is 0 e. The second kappa shape index (κ2) is 10.2. The van der Waals surface area contributed by atoms with Gasteiger partial charge in [-0.3, -0.25) is 0 Å². The molecule has 0 unspecified atom stereocenters. The van der Waals surface area contributed by atoms with E-state index < -0.39 is 41.0 Å². The summed E-state index contributed by atoms with van der Waals surface area (Å²) < 4.78 is 87.9. The zero-order valence-electron chi connectivity index (χ0n) is 20.9. The third kappa shape index (κ3) is 4.75. The monoisotopic (exact) mass is 754 g/mol. The van der Waals surface area contributed by atoms with Crippen LogP contribution in [-0.4, -0.2) is 43.7 Å². The Kier molecular flexibility index (Phi) is 7.54. The minimum Gasteiger partial charge on any atom is 0 e. The number of hydrogen-bond donors (Lipinski definition) is 2. The number of aromatic nitrogens is 6. The predicted molar refractivity (Wildman–Crippen MR) is 138 cm³/mol. The Morgan fingerprint density at radius 2 is 1.00 bits per heavy atom. The number of alkyl halides is 6. The minimum absolute atomic E-state index is 0. The van der Waals surface area contributed by atoms with Crippen LogP contribution in [0.2, 0.25) is 0 Å². The molecular formula is C26H21F6N6OsP. The molecule has 0 spiro atoms. The Hall–Kier alpha value is -3.41. The van der Waals surface area contributed by atoms with Crippen molar-refractivity contribution in [3.8, 4) is 22.8 Å². The van der Waals surface area contributed by atoms with Crippen LogP contribution in [0.4, 0.5) is 26.3 Å². The molecule has 5 rings (SSSR count). The molecule has 0 radical (unpaired) electrons. The summed E-state index contributed by atoms with van der Waals surface area (Å²) in [5.74, 6) is 0. The van der Waals surface area contributed by atoms with Gasteiger partial charge in [-0.2, -0.15) is 0 Å². The van der Waals surface area contributed by atoms with Crippen LogP contribution < -0.4 is 15.9 Å². The number of H-pyrrole nitrogens is 2. The van der Waals surface area contributed by atoms with E-state index in [1.165, 1.54) is 50.0 Å². The summed E-state index contributed by atoms with van der Waals surface area (Å²) >= 11 is 0. The van der Waals surface area contributed by atoms with Gasteiger partial charge in [0.1, 0.15) is 0 Å². The predicted octanol–water partition coefficient (Wildman–Crippen LogP) is 5.38. The number of nitrogens with zero attached hydrogens (tertiary/aromatic N) is 4.